The van der Waals surface area contributed by atoms with Crippen molar-refractivity contribution in [2.45, 2.75) is 57.0 Å². The van der Waals surface area contributed by atoms with Gasteiger partial charge in [0.25, 0.3) is 5.91 Å². The average molecular weight is 396 g/mol. The van der Waals surface area contributed by atoms with E-state index in [1.807, 2.05) is 19.3 Å². The van der Waals surface area contributed by atoms with Crippen LogP contribution in [-0.2, 0) is 16.6 Å². The Balaban J connectivity index is 0.00000210. The van der Waals surface area contributed by atoms with Crippen LogP contribution in [0.25, 0.3) is 0 Å². The van der Waals surface area contributed by atoms with Gasteiger partial charge in [0.15, 0.2) is 5.82 Å². The van der Waals surface area contributed by atoms with Crippen LogP contribution in [0.1, 0.15) is 44.9 Å². The maximum atomic E-state index is 12.9. The average Bonchev–Trinajstić information content (AvgIpc) is 3.02. The van der Waals surface area contributed by atoms with E-state index in [0.29, 0.717) is 30.6 Å². The lowest BCUT2D eigenvalue weighted by molar-refractivity contribution is -0.132. The molecule has 2 heterocycles. The summed E-state index contributed by atoms with van der Waals surface area (Å²) in [6, 6.07) is 1.66. The molecule has 0 spiro atoms. The second-order valence-electron chi connectivity index (χ2n) is 8.24. The number of aromatic nitrogens is 2. The third-order valence-corrected chi connectivity index (χ3v) is 6.52. The molecular formula is C19H30ClN5O2. The number of amides is 2. The van der Waals surface area contributed by atoms with Gasteiger partial charge in [-0.05, 0) is 50.4 Å². The highest BCUT2D eigenvalue weighted by atomic mass is 35.5. The quantitative estimate of drug-likeness (QED) is 0.813. The molecule has 2 aliphatic carbocycles. The lowest BCUT2D eigenvalue weighted by Crippen LogP contribution is -2.55. The van der Waals surface area contributed by atoms with Gasteiger partial charge in [0.05, 0.1) is 0 Å². The fraction of sp³-hybridized carbons (Fsp3) is 0.737. The SMILES string of the molecule is Cl.Cn1ccc(N2CCCC(NC(=O)C3CC4CCCC(C3)C4N)C2=O)n1. The van der Waals surface area contributed by atoms with Gasteiger partial charge in [-0.2, -0.15) is 5.10 Å². The van der Waals surface area contributed by atoms with Gasteiger partial charge in [-0.1, -0.05) is 6.42 Å². The van der Waals surface area contributed by atoms with Crippen LogP contribution in [0.2, 0.25) is 0 Å². The third-order valence-electron chi connectivity index (χ3n) is 6.52. The van der Waals surface area contributed by atoms with Gasteiger partial charge in [0.1, 0.15) is 6.04 Å². The molecule has 4 rings (SSSR count). The first-order chi connectivity index (χ1) is 12.5. The Bertz CT molecular complexity index is 679. The summed E-state index contributed by atoms with van der Waals surface area (Å²) in [6.07, 6.45) is 8.64. The summed E-state index contributed by atoms with van der Waals surface area (Å²) in [7, 11) is 1.84. The summed E-state index contributed by atoms with van der Waals surface area (Å²) < 4.78 is 1.69. The number of halogens is 1. The van der Waals surface area contributed by atoms with Crippen molar-refractivity contribution in [1.29, 1.82) is 0 Å². The molecule has 2 saturated carbocycles. The van der Waals surface area contributed by atoms with E-state index in [4.69, 9.17) is 5.73 Å². The summed E-state index contributed by atoms with van der Waals surface area (Å²) in [5.41, 5.74) is 6.34. The van der Waals surface area contributed by atoms with E-state index in [-0.39, 0.29) is 36.2 Å². The summed E-state index contributed by atoms with van der Waals surface area (Å²) in [4.78, 5) is 27.4. The Morgan fingerprint density at radius 1 is 1.22 bits per heavy atom. The highest BCUT2D eigenvalue weighted by Crippen LogP contribution is 2.42. The van der Waals surface area contributed by atoms with Crippen LogP contribution in [0.15, 0.2) is 12.3 Å². The Morgan fingerprint density at radius 3 is 2.56 bits per heavy atom. The monoisotopic (exact) mass is 395 g/mol. The van der Waals surface area contributed by atoms with Crippen molar-refractivity contribution >= 4 is 30.0 Å². The molecule has 3 fully saturated rings. The van der Waals surface area contributed by atoms with Gasteiger partial charge in [-0.3, -0.25) is 19.2 Å². The highest BCUT2D eigenvalue weighted by Gasteiger charge is 2.41. The number of hydrogen-bond donors (Lipinski definition) is 2. The van der Waals surface area contributed by atoms with Crippen molar-refractivity contribution in [3.8, 4) is 0 Å². The number of carbonyl (C=O) groups is 2. The minimum atomic E-state index is -0.436. The molecule has 2 amide bonds. The number of fused-ring (bicyclic) bond motifs is 2. The first kappa shape index (κ1) is 20.1. The van der Waals surface area contributed by atoms with Crippen LogP contribution in [0.4, 0.5) is 5.82 Å². The zero-order valence-corrected chi connectivity index (χ0v) is 16.7. The number of piperidine rings is 1. The van der Waals surface area contributed by atoms with Crippen molar-refractivity contribution in [3.05, 3.63) is 12.3 Å². The molecule has 1 aromatic rings. The smallest absolute Gasteiger partial charge is 0.250 e. The standard InChI is InChI=1S/C19H29N5O2.ClH/c1-23-9-7-16(22-23)24-8-3-6-15(19(24)26)21-18(25)14-10-12-4-2-5-13(11-14)17(12)20;/h7,9,12-15,17H,2-6,8,10-11,20H2,1H3,(H,21,25);1H. The first-order valence-corrected chi connectivity index (χ1v) is 9.90. The molecule has 3 atom stereocenters. The van der Waals surface area contributed by atoms with Gasteiger partial charge in [0.2, 0.25) is 5.91 Å². The maximum Gasteiger partial charge on any atom is 0.250 e. The van der Waals surface area contributed by atoms with Crippen LogP contribution in [0.5, 0.6) is 0 Å². The Labute approximate surface area is 166 Å². The van der Waals surface area contributed by atoms with E-state index in [0.717, 1.165) is 32.1 Å². The molecule has 27 heavy (non-hydrogen) atoms. The fourth-order valence-corrected chi connectivity index (χ4v) is 5.08. The van der Waals surface area contributed by atoms with E-state index in [9.17, 15) is 9.59 Å². The fourth-order valence-electron chi connectivity index (χ4n) is 5.08. The number of carbonyl (C=O) groups excluding carboxylic acids is 2. The number of aryl methyl sites for hydroxylation is 1. The molecule has 150 valence electrons. The summed E-state index contributed by atoms with van der Waals surface area (Å²) in [5, 5.41) is 7.37. The molecule has 8 heteroatoms. The largest absolute Gasteiger partial charge is 0.344 e. The molecular weight excluding hydrogens is 366 g/mol. The summed E-state index contributed by atoms with van der Waals surface area (Å²) >= 11 is 0. The molecule has 3 unspecified atom stereocenters. The number of anilines is 1. The van der Waals surface area contributed by atoms with Crippen LogP contribution in [-0.4, -0.2) is 40.2 Å². The number of nitrogens with one attached hydrogen (secondary N) is 1. The minimum Gasteiger partial charge on any atom is -0.344 e. The summed E-state index contributed by atoms with van der Waals surface area (Å²) in [5.74, 6) is 1.58. The third kappa shape index (κ3) is 3.99. The topological polar surface area (TPSA) is 93.2 Å². The zero-order chi connectivity index (χ0) is 18.3. The van der Waals surface area contributed by atoms with Crippen molar-refractivity contribution in [2.24, 2.45) is 30.5 Å². The predicted molar refractivity (Wildman–Crippen MR) is 106 cm³/mol. The van der Waals surface area contributed by atoms with Crippen LogP contribution in [0, 0.1) is 17.8 Å². The van der Waals surface area contributed by atoms with Crippen LogP contribution in [0.3, 0.4) is 0 Å². The molecule has 1 aliphatic heterocycles. The number of hydrogen-bond acceptors (Lipinski definition) is 4. The molecule has 0 aromatic carbocycles. The number of nitrogens with two attached hydrogens (primary N) is 1. The van der Waals surface area contributed by atoms with Gasteiger partial charge in [0, 0.05) is 37.8 Å². The van der Waals surface area contributed by atoms with E-state index >= 15 is 0 Å². The van der Waals surface area contributed by atoms with Gasteiger partial charge in [-0.15, -0.1) is 12.4 Å². The second-order valence-corrected chi connectivity index (χ2v) is 8.24. The second kappa shape index (κ2) is 8.19. The maximum absolute atomic E-state index is 12.9. The Morgan fingerprint density at radius 2 is 1.93 bits per heavy atom. The van der Waals surface area contributed by atoms with E-state index in [1.165, 1.54) is 6.42 Å². The van der Waals surface area contributed by atoms with Gasteiger partial charge < -0.3 is 11.1 Å². The first-order valence-electron chi connectivity index (χ1n) is 9.90. The molecule has 0 radical (unpaired) electrons. The lowest BCUT2D eigenvalue weighted by Gasteiger charge is -2.44. The van der Waals surface area contributed by atoms with Gasteiger partial charge >= 0.3 is 0 Å². The Kier molecular flexibility index (Phi) is 6.11. The van der Waals surface area contributed by atoms with Gasteiger partial charge in [-0.25, -0.2) is 0 Å². The summed E-state index contributed by atoms with van der Waals surface area (Å²) in [6.45, 7) is 0.657. The van der Waals surface area contributed by atoms with E-state index < -0.39 is 6.04 Å². The minimum absolute atomic E-state index is 0. The molecule has 1 saturated heterocycles. The van der Waals surface area contributed by atoms with Crippen molar-refractivity contribution in [3.63, 3.8) is 0 Å². The van der Waals surface area contributed by atoms with Crippen LogP contribution < -0.4 is 16.0 Å². The van der Waals surface area contributed by atoms with Crippen molar-refractivity contribution in [2.75, 3.05) is 11.4 Å². The van der Waals surface area contributed by atoms with Crippen molar-refractivity contribution < 1.29 is 9.59 Å². The zero-order valence-electron chi connectivity index (χ0n) is 15.8. The molecule has 2 bridgehead atoms. The number of rotatable bonds is 3. The number of nitrogens with zero attached hydrogens (tertiary/aromatic N) is 3. The van der Waals surface area contributed by atoms with Crippen molar-refractivity contribution in [1.82, 2.24) is 15.1 Å². The van der Waals surface area contributed by atoms with E-state index in [1.54, 1.807) is 9.58 Å². The van der Waals surface area contributed by atoms with Crippen LogP contribution >= 0.6 is 12.4 Å². The molecule has 1 aromatic heterocycles. The lowest BCUT2D eigenvalue weighted by atomic mass is 9.65. The molecule has 7 nitrogen and oxygen atoms in total. The van der Waals surface area contributed by atoms with E-state index in [2.05, 4.69) is 10.4 Å². The molecule has 3 aliphatic rings. The highest BCUT2D eigenvalue weighted by molar-refractivity contribution is 5.99. The Hall–Kier alpha value is -1.60. The normalized spacial score (nSPS) is 33.3. The predicted octanol–water partition coefficient (Wildman–Crippen LogP) is 1.61. The molecule has 3 N–H and O–H groups in total.